The Balaban J connectivity index is 2.05. The monoisotopic (exact) mass is 258 g/mol. The number of hydrogen-bond acceptors (Lipinski definition) is 3. The quantitative estimate of drug-likeness (QED) is 0.883. The van der Waals surface area contributed by atoms with Crippen LogP contribution in [0.2, 0.25) is 5.02 Å². The third-order valence-electron chi connectivity index (χ3n) is 3.09. The lowest BCUT2D eigenvalue weighted by atomic mass is 10.1. The van der Waals surface area contributed by atoms with Crippen molar-refractivity contribution in [3.63, 3.8) is 0 Å². The molecule has 17 heavy (non-hydrogen) atoms. The van der Waals surface area contributed by atoms with Crippen LogP contribution in [0, 0.1) is 0 Å². The number of nitrogens with zero attached hydrogens (tertiary/aromatic N) is 2. The molecule has 0 bridgehead atoms. The van der Waals surface area contributed by atoms with Crippen molar-refractivity contribution in [2.24, 2.45) is 0 Å². The highest BCUT2D eigenvalue weighted by atomic mass is 35.5. The predicted octanol–water partition coefficient (Wildman–Crippen LogP) is 2.55. The Morgan fingerprint density at radius 3 is 3.18 bits per heavy atom. The highest BCUT2D eigenvalue weighted by Gasteiger charge is 2.24. The molecule has 2 rings (SSSR count). The number of halogens is 1. The van der Waals surface area contributed by atoms with E-state index < -0.39 is 6.10 Å². The van der Waals surface area contributed by atoms with E-state index >= 15 is 0 Å². The second-order valence-corrected chi connectivity index (χ2v) is 4.89. The number of aryl methyl sites for hydroxylation is 1. The van der Waals surface area contributed by atoms with Gasteiger partial charge in [0, 0.05) is 19.6 Å². The number of hydrogen-bond donors (Lipinski definition) is 1. The Labute approximate surface area is 107 Å². The van der Waals surface area contributed by atoms with E-state index in [0.717, 1.165) is 38.1 Å². The molecule has 1 aliphatic rings. The molecule has 2 heterocycles. The second-order valence-electron chi connectivity index (χ2n) is 4.49. The van der Waals surface area contributed by atoms with Crippen molar-refractivity contribution in [2.45, 2.75) is 51.4 Å². The van der Waals surface area contributed by atoms with Gasteiger partial charge in [0.1, 0.15) is 0 Å². The number of rotatable bonds is 5. The molecule has 4 nitrogen and oxygen atoms in total. The number of aliphatic hydroxyl groups excluding tert-OH is 1. The topological polar surface area (TPSA) is 47.3 Å². The molecule has 1 aromatic heterocycles. The van der Waals surface area contributed by atoms with Crippen LogP contribution >= 0.6 is 11.6 Å². The van der Waals surface area contributed by atoms with E-state index in [0.29, 0.717) is 11.4 Å². The summed E-state index contributed by atoms with van der Waals surface area (Å²) in [5.41, 5.74) is 0.726. The minimum absolute atomic E-state index is 0.158. The Kier molecular flexibility index (Phi) is 4.42. The summed E-state index contributed by atoms with van der Waals surface area (Å²) in [6, 6.07) is 0. The minimum Gasteiger partial charge on any atom is -0.387 e. The Bertz CT molecular complexity index is 361. The van der Waals surface area contributed by atoms with Crippen molar-refractivity contribution < 1.29 is 9.84 Å². The molecule has 1 N–H and O–H groups in total. The van der Waals surface area contributed by atoms with Gasteiger partial charge in [-0.15, -0.1) is 0 Å². The second kappa shape index (κ2) is 5.85. The number of ether oxygens (including phenoxy) is 1. The summed E-state index contributed by atoms with van der Waals surface area (Å²) in [7, 11) is 0. The van der Waals surface area contributed by atoms with E-state index in [1.54, 1.807) is 10.9 Å². The van der Waals surface area contributed by atoms with E-state index in [9.17, 15) is 5.11 Å². The van der Waals surface area contributed by atoms with E-state index in [1.807, 2.05) is 0 Å². The van der Waals surface area contributed by atoms with Crippen LogP contribution in [0.15, 0.2) is 6.20 Å². The zero-order valence-electron chi connectivity index (χ0n) is 10.1. The van der Waals surface area contributed by atoms with Gasteiger partial charge in [-0.05, 0) is 19.3 Å². The average molecular weight is 259 g/mol. The van der Waals surface area contributed by atoms with E-state index in [1.165, 1.54) is 0 Å². The SMILES string of the molecule is CCCn1ncc(Cl)c1C(O)CC1CCCO1. The Morgan fingerprint density at radius 1 is 1.71 bits per heavy atom. The van der Waals surface area contributed by atoms with E-state index in [2.05, 4.69) is 12.0 Å². The lowest BCUT2D eigenvalue weighted by molar-refractivity contribution is 0.0500. The Morgan fingerprint density at radius 2 is 2.53 bits per heavy atom. The largest absolute Gasteiger partial charge is 0.387 e. The molecular weight excluding hydrogens is 240 g/mol. The van der Waals surface area contributed by atoms with Crippen molar-refractivity contribution >= 4 is 11.6 Å². The van der Waals surface area contributed by atoms with Gasteiger partial charge in [0.25, 0.3) is 0 Å². The van der Waals surface area contributed by atoms with Crippen molar-refractivity contribution in [1.82, 2.24) is 9.78 Å². The zero-order valence-corrected chi connectivity index (χ0v) is 10.9. The smallest absolute Gasteiger partial charge is 0.0996 e. The maximum Gasteiger partial charge on any atom is 0.0996 e. The lowest BCUT2D eigenvalue weighted by Crippen LogP contribution is -2.15. The van der Waals surface area contributed by atoms with Gasteiger partial charge in [0.2, 0.25) is 0 Å². The van der Waals surface area contributed by atoms with Gasteiger partial charge in [-0.3, -0.25) is 4.68 Å². The van der Waals surface area contributed by atoms with Gasteiger partial charge in [0.15, 0.2) is 0 Å². The van der Waals surface area contributed by atoms with Gasteiger partial charge in [-0.2, -0.15) is 5.10 Å². The van der Waals surface area contributed by atoms with Crippen molar-refractivity contribution in [1.29, 1.82) is 0 Å². The van der Waals surface area contributed by atoms with Gasteiger partial charge < -0.3 is 9.84 Å². The molecule has 0 saturated carbocycles. The summed E-state index contributed by atoms with van der Waals surface area (Å²) < 4.78 is 7.32. The highest BCUT2D eigenvalue weighted by Crippen LogP contribution is 2.29. The fourth-order valence-electron chi connectivity index (χ4n) is 2.28. The molecule has 2 atom stereocenters. The standard InChI is InChI=1S/C12H19ClN2O2/c1-2-5-15-12(10(13)8-14-15)11(16)7-9-4-3-6-17-9/h8-9,11,16H,2-7H2,1H3. The molecule has 0 spiro atoms. The minimum atomic E-state index is -0.584. The first-order valence-electron chi connectivity index (χ1n) is 6.23. The van der Waals surface area contributed by atoms with Gasteiger partial charge in [0.05, 0.1) is 29.1 Å². The maximum absolute atomic E-state index is 10.2. The highest BCUT2D eigenvalue weighted by molar-refractivity contribution is 6.31. The molecule has 1 saturated heterocycles. The molecular formula is C12H19ClN2O2. The molecule has 0 aromatic carbocycles. The summed E-state index contributed by atoms with van der Waals surface area (Å²) in [6.45, 7) is 3.66. The summed E-state index contributed by atoms with van der Waals surface area (Å²) >= 11 is 6.08. The predicted molar refractivity (Wildman–Crippen MR) is 66.1 cm³/mol. The summed E-state index contributed by atoms with van der Waals surface area (Å²) in [5, 5.41) is 15.0. The van der Waals surface area contributed by atoms with Crippen LogP contribution in [0.25, 0.3) is 0 Å². The van der Waals surface area contributed by atoms with Gasteiger partial charge in [-0.1, -0.05) is 18.5 Å². The van der Waals surface area contributed by atoms with Crippen LogP contribution < -0.4 is 0 Å². The summed E-state index contributed by atoms with van der Waals surface area (Å²) in [6.07, 6.45) is 4.86. The first kappa shape index (κ1) is 12.9. The third-order valence-corrected chi connectivity index (χ3v) is 3.39. The van der Waals surface area contributed by atoms with Gasteiger partial charge >= 0.3 is 0 Å². The van der Waals surface area contributed by atoms with E-state index in [4.69, 9.17) is 16.3 Å². The number of aromatic nitrogens is 2. The molecule has 96 valence electrons. The zero-order chi connectivity index (χ0) is 12.3. The van der Waals surface area contributed by atoms with E-state index in [-0.39, 0.29) is 6.10 Å². The first-order valence-corrected chi connectivity index (χ1v) is 6.61. The molecule has 1 aromatic rings. The Hall–Kier alpha value is -0.580. The van der Waals surface area contributed by atoms with Gasteiger partial charge in [-0.25, -0.2) is 0 Å². The van der Waals surface area contributed by atoms with Crippen molar-refractivity contribution in [2.75, 3.05) is 6.61 Å². The molecule has 0 amide bonds. The summed E-state index contributed by atoms with van der Waals surface area (Å²) in [4.78, 5) is 0. The van der Waals surface area contributed by atoms with Crippen LogP contribution in [0.1, 0.15) is 44.4 Å². The number of aliphatic hydroxyl groups is 1. The van der Waals surface area contributed by atoms with Crippen LogP contribution in [0.4, 0.5) is 0 Å². The molecule has 0 radical (unpaired) electrons. The lowest BCUT2D eigenvalue weighted by Gasteiger charge is -2.17. The fraction of sp³-hybridized carbons (Fsp3) is 0.750. The third kappa shape index (κ3) is 3.00. The molecule has 5 heteroatoms. The van der Waals surface area contributed by atoms with Crippen LogP contribution in [-0.4, -0.2) is 27.6 Å². The van der Waals surface area contributed by atoms with Crippen molar-refractivity contribution in [3.8, 4) is 0 Å². The molecule has 1 aliphatic heterocycles. The normalized spacial score (nSPS) is 21.9. The molecule has 0 aliphatic carbocycles. The van der Waals surface area contributed by atoms with Crippen molar-refractivity contribution in [3.05, 3.63) is 16.9 Å². The molecule has 2 unspecified atom stereocenters. The van der Waals surface area contributed by atoms with Crippen LogP contribution in [0.3, 0.4) is 0 Å². The molecule has 1 fully saturated rings. The summed E-state index contributed by atoms with van der Waals surface area (Å²) in [5.74, 6) is 0. The van der Waals surface area contributed by atoms with Crippen LogP contribution in [-0.2, 0) is 11.3 Å². The maximum atomic E-state index is 10.2. The fourth-order valence-corrected chi connectivity index (χ4v) is 2.55. The first-order chi connectivity index (χ1) is 8.22. The van der Waals surface area contributed by atoms with Crippen LogP contribution in [0.5, 0.6) is 0 Å². The average Bonchev–Trinajstić information content (AvgIpc) is 2.89.